The van der Waals surface area contributed by atoms with Crippen LogP contribution in [0.5, 0.6) is 0 Å². The number of amides is 1. The summed E-state index contributed by atoms with van der Waals surface area (Å²) in [5, 5.41) is 7.14. The normalized spacial score (nSPS) is 13.0. The molecule has 0 aliphatic heterocycles. The van der Waals surface area contributed by atoms with E-state index < -0.39 is 38.0 Å². The van der Waals surface area contributed by atoms with Crippen LogP contribution in [0.15, 0.2) is 17.0 Å². The summed E-state index contributed by atoms with van der Waals surface area (Å²) in [6.45, 7) is 2.31. The van der Waals surface area contributed by atoms with Crippen molar-refractivity contribution >= 4 is 15.9 Å². The van der Waals surface area contributed by atoms with Gasteiger partial charge < -0.3 is 10.1 Å². The molecule has 0 aliphatic carbocycles. The number of sulfonamides is 1. The van der Waals surface area contributed by atoms with E-state index >= 15 is 0 Å². The van der Waals surface area contributed by atoms with Crippen LogP contribution in [0.4, 0.5) is 8.78 Å². The number of carbonyl (C=O) groups is 1. The van der Waals surface area contributed by atoms with Gasteiger partial charge in [-0.1, -0.05) is 6.92 Å². The van der Waals surface area contributed by atoms with Gasteiger partial charge >= 0.3 is 0 Å². The lowest BCUT2D eigenvalue weighted by molar-refractivity contribution is 0.0929. The first-order valence-corrected chi connectivity index (χ1v) is 7.50. The molecule has 0 bridgehead atoms. The minimum atomic E-state index is -4.47. The van der Waals surface area contributed by atoms with Gasteiger partial charge in [-0.3, -0.25) is 4.79 Å². The summed E-state index contributed by atoms with van der Waals surface area (Å²) < 4.78 is 54.5. The number of primary sulfonamides is 1. The third-order valence-corrected chi connectivity index (χ3v) is 3.53. The second-order valence-corrected chi connectivity index (χ2v) is 6.11. The van der Waals surface area contributed by atoms with E-state index in [1.54, 1.807) is 6.92 Å². The fourth-order valence-corrected chi connectivity index (χ4v) is 2.28. The Morgan fingerprint density at radius 3 is 2.57 bits per heavy atom. The fraction of sp³-hybridized carbons (Fsp3) is 0.417. The van der Waals surface area contributed by atoms with Crippen LogP contribution >= 0.6 is 0 Å². The summed E-state index contributed by atoms with van der Waals surface area (Å²) >= 11 is 0. The monoisotopic (exact) mass is 322 g/mol. The summed E-state index contributed by atoms with van der Waals surface area (Å²) in [6.07, 6.45) is 0. The van der Waals surface area contributed by atoms with Crippen molar-refractivity contribution in [2.45, 2.75) is 11.8 Å². The lowest BCUT2D eigenvalue weighted by Crippen LogP contribution is -2.31. The number of benzene rings is 1. The first kappa shape index (κ1) is 17.5. The Balaban J connectivity index is 3.03. The van der Waals surface area contributed by atoms with Gasteiger partial charge in [-0.15, -0.1) is 0 Å². The molecule has 0 spiro atoms. The fourth-order valence-electron chi connectivity index (χ4n) is 1.64. The van der Waals surface area contributed by atoms with E-state index in [-0.39, 0.29) is 12.5 Å². The van der Waals surface area contributed by atoms with Crippen LogP contribution in [0.1, 0.15) is 17.3 Å². The molecule has 118 valence electrons. The summed E-state index contributed by atoms with van der Waals surface area (Å²) in [5.74, 6) is -3.43. The second-order valence-electron chi connectivity index (χ2n) is 4.58. The van der Waals surface area contributed by atoms with Crippen molar-refractivity contribution in [2.24, 2.45) is 11.1 Å². The molecule has 1 unspecified atom stereocenters. The number of hydrogen-bond acceptors (Lipinski definition) is 4. The largest absolute Gasteiger partial charge is 0.384 e. The number of carbonyl (C=O) groups excluding carboxylic acids is 1. The molecule has 21 heavy (non-hydrogen) atoms. The smallest absolute Gasteiger partial charge is 0.254 e. The molecule has 1 atom stereocenters. The van der Waals surface area contributed by atoms with Crippen LogP contribution < -0.4 is 10.5 Å². The van der Waals surface area contributed by atoms with Gasteiger partial charge in [-0.05, 0) is 18.1 Å². The number of nitrogens with one attached hydrogen (secondary N) is 1. The van der Waals surface area contributed by atoms with Gasteiger partial charge in [-0.25, -0.2) is 22.3 Å². The zero-order chi connectivity index (χ0) is 16.2. The molecule has 6 nitrogen and oxygen atoms in total. The average molecular weight is 322 g/mol. The third kappa shape index (κ3) is 4.73. The Hall–Kier alpha value is -1.58. The molecule has 0 saturated heterocycles. The molecular weight excluding hydrogens is 306 g/mol. The second kappa shape index (κ2) is 6.92. The Labute approximate surface area is 121 Å². The van der Waals surface area contributed by atoms with Gasteiger partial charge in [0.1, 0.15) is 10.7 Å². The van der Waals surface area contributed by atoms with Crippen LogP contribution in [0.3, 0.4) is 0 Å². The quantitative estimate of drug-likeness (QED) is 0.802. The molecule has 3 N–H and O–H groups in total. The van der Waals surface area contributed by atoms with Crippen molar-refractivity contribution in [3.63, 3.8) is 0 Å². The van der Waals surface area contributed by atoms with Gasteiger partial charge in [-0.2, -0.15) is 0 Å². The van der Waals surface area contributed by atoms with E-state index in [2.05, 4.69) is 5.32 Å². The molecule has 9 heteroatoms. The first-order chi connectivity index (χ1) is 9.66. The summed E-state index contributed by atoms with van der Waals surface area (Å²) in [6, 6.07) is 1.04. The molecule has 0 aromatic heterocycles. The Morgan fingerprint density at radius 2 is 2.05 bits per heavy atom. The minimum absolute atomic E-state index is 0.0479. The van der Waals surface area contributed by atoms with E-state index in [1.165, 1.54) is 7.11 Å². The molecule has 1 aromatic carbocycles. The highest BCUT2D eigenvalue weighted by Crippen LogP contribution is 2.19. The number of nitrogens with two attached hydrogens (primary N) is 1. The molecule has 0 heterocycles. The van der Waals surface area contributed by atoms with Crippen LogP contribution in [-0.2, 0) is 14.8 Å². The van der Waals surface area contributed by atoms with Gasteiger partial charge in [0.15, 0.2) is 5.82 Å². The average Bonchev–Trinajstić information content (AvgIpc) is 2.37. The molecule has 0 saturated carbocycles. The van der Waals surface area contributed by atoms with Crippen molar-refractivity contribution in [3.05, 3.63) is 29.3 Å². The predicted octanol–water partition coefficient (Wildman–Crippen LogP) is 0.625. The maximum Gasteiger partial charge on any atom is 0.254 e. The van der Waals surface area contributed by atoms with Gasteiger partial charge in [0.2, 0.25) is 10.0 Å². The zero-order valence-corrected chi connectivity index (χ0v) is 12.3. The van der Waals surface area contributed by atoms with E-state index in [9.17, 15) is 22.0 Å². The highest BCUT2D eigenvalue weighted by atomic mass is 32.2. The standard InChI is InChI=1S/C12H16F2N2O4S/c1-7(6-20-2)5-16-12(17)9-3-8(13)4-10(11(9)14)21(15,18)19/h3-4,7H,5-6H2,1-2H3,(H,16,17)(H2,15,18,19). The van der Waals surface area contributed by atoms with E-state index in [0.29, 0.717) is 18.7 Å². The number of methoxy groups -OCH3 is 1. The SMILES string of the molecule is COCC(C)CNC(=O)c1cc(F)cc(S(N)(=O)=O)c1F. The summed E-state index contributed by atoms with van der Waals surface area (Å²) in [4.78, 5) is 10.8. The maximum atomic E-state index is 14.0. The van der Waals surface area contributed by atoms with E-state index in [4.69, 9.17) is 9.88 Å². The van der Waals surface area contributed by atoms with Gasteiger partial charge in [0, 0.05) is 13.7 Å². The van der Waals surface area contributed by atoms with Crippen LogP contribution in [0.25, 0.3) is 0 Å². The van der Waals surface area contributed by atoms with Crippen LogP contribution in [-0.4, -0.2) is 34.6 Å². The Kier molecular flexibility index (Phi) is 5.76. The van der Waals surface area contributed by atoms with Crippen LogP contribution in [0, 0.1) is 17.6 Å². The van der Waals surface area contributed by atoms with Crippen LogP contribution in [0.2, 0.25) is 0 Å². The molecule has 0 aliphatic rings. The molecule has 1 rings (SSSR count). The Morgan fingerprint density at radius 1 is 1.43 bits per heavy atom. The zero-order valence-electron chi connectivity index (χ0n) is 11.5. The van der Waals surface area contributed by atoms with Crippen molar-refractivity contribution in [2.75, 3.05) is 20.3 Å². The maximum absolute atomic E-state index is 14.0. The molecule has 0 fully saturated rings. The first-order valence-electron chi connectivity index (χ1n) is 5.95. The molecule has 1 amide bonds. The highest BCUT2D eigenvalue weighted by molar-refractivity contribution is 7.89. The topological polar surface area (TPSA) is 98.5 Å². The summed E-state index contributed by atoms with van der Waals surface area (Å²) in [5.41, 5.74) is -0.719. The lowest BCUT2D eigenvalue weighted by atomic mass is 10.1. The lowest BCUT2D eigenvalue weighted by Gasteiger charge is -2.12. The van der Waals surface area contributed by atoms with Gasteiger partial charge in [0.25, 0.3) is 5.91 Å². The van der Waals surface area contributed by atoms with Crippen molar-refractivity contribution < 1.29 is 26.7 Å². The third-order valence-electron chi connectivity index (χ3n) is 2.62. The molecule has 1 aromatic rings. The van der Waals surface area contributed by atoms with E-state index in [0.717, 1.165) is 0 Å². The highest BCUT2D eigenvalue weighted by Gasteiger charge is 2.23. The Bertz CT molecular complexity index is 634. The number of ether oxygens (including phenoxy) is 1. The van der Waals surface area contributed by atoms with E-state index in [1.807, 2.05) is 0 Å². The minimum Gasteiger partial charge on any atom is -0.384 e. The molecule has 0 radical (unpaired) electrons. The molecular formula is C12H16F2N2O4S. The van der Waals surface area contributed by atoms with Crippen molar-refractivity contribution in [3.8, 4) is 0 Å². The predicted molar refractivity (Wildman–Crippen MR) is 71.1 cm³/mol. The number of halogens is 2. The number of rotatable bonds is 6. The number of hydrogen-bond donors (Lipinski definition) is 2. The van der Waals surface area contributed by atoms with Crippen molar-refractivity contribution in [1.82, 2.24) is 5.32 Å². The van der Waals surface area contributed by atoms with Crippen molar-refractivity contribution in [1.29, 1.82) is 0 Å². The summed E-state index contributed by atoms with van der Waals surface area (Å²) in [7, 11) is -2.98. The van der Waals surface area contributed by atoms with Gasteiger partial charge in [0.05, 0.1) is 12.2 Å².